The largest absolute Gasteiger partial charge is 0.398 e. The highest BCUT2D eigenvalue weighted by Gasteiger charge is 2.07. The lowest BCUT2D eigenvalue weighted by atomic mass is 10.1. The third-order valence-electron chi connectivity index (χ3n) is 2.95. The molecule has 0 atom stereocenters. The van der Waals surface area contributed by atoms with E-state index in [4.69, 9.17) is 17.3 Å². The van der Waals surface area contributed by atoms with Gasteiger partial charge in [0.15, 0.2) is 0 Å². The number of benzene rings is 2. The van der Waals surface area contributed by atoms with Crippen molar-refractivity contribution < 1.29 is 4.39 Å². The van der Waals surface area contributed by atoms with E-state index in [1.807, 2.05) is 30.1 Å². The van der Waals surface area contributed by atoms with Crippen LogP contribution in [0.5, 0.6) is 0 Å². The molecule has 0 amide bonds. The molecule has 0 aliphatic carbocycles. The van der Waals surface area contributed by atoms with Gasteiger partial charge in [-0.1, -0.05) is 35.9 Å². The van der Waals surface area contributed by atoms with E-state index in [2.05, 4.69) is 0 Å². The highest BCUT2D eigenvalue weighted by Crippen LogP contribution is 2.20. The molecule has 0 heterocycles. The van der Waals surface area contributed by atoms with Gasteiger partial charge in [0.05, 0.1) is 0 Å². The number of nitrogens with two attached hydrogens (primary N) is 1. The molecule has 2 rings (SSSR count). The van der Waals surface area contributed by atoms with Gasteiger partial charge in [-0.25, -0.2) is 4.39 Å². The van der Waals surface area contributed by atoms with E-state index in [-0.39, 0.29) is 5.82 Å². The predicted molar refractivity (Wildman–Crippen MR) is 77.4 cm³/mol. The second-order valence-corrected chi connectivity index (χ2v) is 5.04. The van der Waals surface area contributed by atoms with Crippen molar-refractivity contribution in [3.05, 3.63) is 64.4 Å². The molecule has 0 unspecified atom stereocenters. The summed E-state index contributed by atoms with van der Waals surface area (Å²) < 4.78 is 13.6. The minimum atomic E-state index is -0.182. The minimum Gasteiger partial charge on any atom is -0.398 e. The monoisotopic (exact) mass is 278 g/mol. The maximum Gasteiger partial charge on any atom is 0.127 e. The van der Waals surface area contributed by atoms with E-state index in [9.17, 15) is 4.39 Å². The van der Waals surface area contributed by atoms with Crippen LogP contribution in [0.25, 0.3) is 0 Å². The molecule has 0 aliphatic heterocycles. The van der Waals surface area contributed by atoms with Gasteiger partial charge >= 0.3 is 0 Å². The number of hydrogen-bond acceptors (Lipinski definition) is 2. The van der Waals surface area contributed by atoms with Gasteiger partial charge in [0.2, 0.25) is 0 Å². The standard InChI is InChI=1S/C15H16ClFN2/c1-19(9-11-4-2-3-5-14(11)17)10-12-6-7-13(16)8-15(12)18/h2-8H,9-10,18H2,1H3. The molecule has 4 heteroatoms. The Morgan fingerprint density at radius 1 is 1.11 bits per heavy atom. The van der Waals surface area contributed by atoms with Crippen LogP contribution in [0.4, 0.5) is 10.1 Å². The van der Waals surface area contributed by atoms with Crippen molar-refractivity contribution in [2.45, 2.75) is 13.1 Å². The van der Waals surface area contributed by atoms with Crippen LogP contribution in [0.1, 0.15) is 11.1 Å². The summed E-state index contributed by atoms with van der Waals surface area (Å²) >= 11 is 5.86. The van der Waals surface area contributed by atoms with Crippen LogP contribution in [-0.2, 0) is 13.1 Å². The quantitative estimate of drug-likeness (QED) is 0.864. The molecule has 0 saturated heterocycles. The average molecular weight is 279 g/mol. The molecule has 2 aromatic rings. The summed E-state index contributed by atoms with van der Waals surface area (Å²) in [4.78, 5) is 2.01. The summed E-state index contributed by atoms with van der Waals surface area (Å²) in [7, 11) is 1.93. The molecule has 19 heavy (non-hydrogen) atoms. The fourth-order valence-corrected chi connectivity index (χ4v) is 2.15. The molecule has 2 nitrogen and oxygen atoms in total. The van der Waals surface area contributed by atoms with Gasteiger partial charge in [-0.2, -0.15) is 0 Å². The maximum absolute atomic E-state index is 13.6. The molecule has 0 bridgehead atoms. The number of nitrogen functional groups attached to an aromatic ring is 1. The molecule has 0 radical (unpaired) electrons. The number of rotatable bonds is 4. The SMILES string of the molecule is CN(Cc1ccc(Cl)cc1N)Cc1ccccc1F. The van der Waals surface area contributed by atoms with Crippen LogP contribution < -0.4 is 5.73 Å². The van der Waals surface area contributed by atoms with E-state index in [1.54, 1.807) is 18.2 Å². The summed E-state index contributed by atoms with van der Waals surface area (Å²) in [5, 5.41) is 0.623. The van der Waals surface area contributed by atoms with Crippen LogP contribution in [-0.4, -0.2) is 11.9 Å². The first-order valence-electron chi connectivity index (χ1n) is 6.02. The van der Waals surface area contributed by atoms with Crippen molar-refractivity contribution in [2.75, 3.05) is 12.8 Å². The molecule has 0 fully saturated rings. The molecule has 0 aromatic heterocycles. The molecule has 0 saturated carbocycles. The lowest BCUT2D eigenvalue weighted by molar-refractivity contribution is 0.314. The summed E-state index contributed by atoms with van der Waals surface area (Å²) in [5.74, 6) is -0.182. The molecular weight excluding hydrogens is 263 g/mol. The summed E-state index contributed by atoms with van der Waals surface area (Å²) in [6, 6.07) is 12.2. The van der Waals surface area contributed by atoms with E-state index in [0.717, 1.165) is 5.56 Å². The molecule has 0 aliphatic rings. The van der Waals surface area contributed by atoms with Gasteiger partial charge < -0.3 is 5.73 Å². The van der Waals surface area contributed by atoms with Gasteiger partial charge in [0, 0.05) is 29.4 Å². The van der Waals surface area contributed by atoms with Crippen molar-refractivity contribution in [1.82, 2.24) is 4.90 Å². The zero-order valence-electron chi connectivity index (χ0n) is 10.7. The lowest BCUT2D eigenvalue weighted by Gasteiger charge is -2.18. The number of hydrogen-bond donors (Lipinski definition) is 1. The Bertz CT molecular complexity index is 572. The first-order chi connectivity index (χ1) is 9.06. The number of anilines is 1. The van der Waals surface area contributed by atoms with E-state index in [0.29, 0.717) is 29.4 Å². The van der Waals surface area contributed by atoms with E-state index < -0.39 is 0 Å². The van der Waals surface area contributed by atoms with E-state index in [1.165, 1.54) is 6.07 Å². The highest BCUT2D eigenvalue weighted by molar-refractivity contribution is 6.30. The first kappa shape index (κ1) is 13.8. The van der Waals surface area contributed by atoms with Crippen molar-refractivity contribution in [3.8, 4) is 0 Å². The van der Waals surface area contributed by atoms with Gasteiger partial charge in [0.25, 0.3) is 0 Å². The zero-order valence-corrected chi connectivity index (χ0v) is 11.5. The summed E-state index contributed by atoms with van der Waals surface area (Å²) in [6.45, 7) is 1.19. The number of nitrogens with zero attached hydrogens (tertiary/aromatic N) is 1. The second kappa shape index (κ2) is 6.04. The summed E-state index contributed by atoms with van der Waals surface area (Å²) in [5.41, 5.74) is 8.24. The number of halogens is 2. The molecule has 0 spiro atoms. The third-order valence-corrected chi connectivity index (χ3v) is 3.18. The Balaban J connectivity index is 2.05. The smallest absolute Gasteiger partial charge is 0.127 e. The van der Waals surface area contributed by atoms with Gasteiger partial charge in [-0.15, -0.1) is 0 Å². The van der Waals surface area contributed by atoms with Crippen LogP contribution in [0.2, 0.25) is 5.02 Å². The lowest BCUT2D eigenvalue weighted by Crippen LogP contribution is -2.18. The van der Waals surface area contributed by atoms with Crippen molar-refractivity contribution in [2.24, 2.45) is 0 Å². The zero-order chi connectivity index (χ0) is 13.8. The Labute approximate surface area is 117 Å². The molecule has 2 aromatic carbocycles. The third kappa shape index (κ3) is 3.69. The van der Waals surface area contributed by atoms with Crippen molar-refractivity contribution >= 4 is 17.3 Å². The first-order valence-corrected chi connectivity index (χ1v) is 6.40. The molecule has 100 valence electrons. The Kier molecular flexibility index (Phi) is 4.40. The van der Waals surface area contributed by atoms with Crippen LogP contribution in [0, 0.1) is 5.82 Å². The van der Waals surface area contributed by atoms with Gasteiger partial charge in [-0.05, 0) is 30.8 Å². The van der Waals surface area contributed by atoms with Crippen molar-refractivity contribution in [3.63, 3.8) is 0 Å². The van der Waals surface area contributed by atoms with Crippen LogP contribution in [0.15, 0.2) is 42.5 Å². The normalized spacial score (nSPS) is 10.9. The summed E-state index contributed by atoms with van der Waals surface area (Å²) in [6.07, 6.45) is 0. The Hall–Kier alpha value is -1.58. The second-order valence-electron chi connectivity index (χ2n) is 4.61. The maximum atomic E-state index is 13.6. The fraction of sp³-hybridized carbons (Fsp3) is 0.200. The molecular formula is C15H16ClFN2. The van der Waals surface area contributed by atoms with E-state index >= 15 is 0 Å². The topological polar surface area (TPSA) is 29.3 Å². The van der Waals surface area contributed by atoms with Gasteiger partial charge in [-0.3, -0.25) is 4.90 Å². The average Bonchev–Trinajstić information content (AvgIpc) is 2.36. The Morgan fingerprint density at radius 2 is 1.79 bits per heavy atom. The predicted octanol–water partition coefficient (Wildman–Crippen LogP) is 3.69. The van der Waals surface area contributed by atoms with Gasteiger partial charge in [0.1, 0.15) is 5.82 Å². The Morgan fingerprint density at radius 3 is 2.47 bits per heavy atom. The molecule has 2 N–H and O–H groups in total. The van der Waals surface area contributed by atoms with Crippen molar-refractivity contribution in [1.29, 1.82) is 0 Å². The fourth-order valence-electron chi connectivity index (χ4n) is 1.97. The van der Waals surface area contributed by atoms with Crippen LogP contribution in [0.3, 0.4) is 0 Å². The minimum absolute atomic E-state index is 0.182. The highest BCUT2D eigenvalue weighted by atomic mass is 35.5. The van der Waals surface area contributed by atoms with Crippen LogP contribution >= 0.6 is 11.6 Å².